The number of carbonyl (C=O) groups is 1. The van der Waals surface area contributed by atoms with Gasteiger partial charge in [-0.15, -0.1) is 0 Å². The summed E-state index contributed by atoms with van der Waals surface area (Å²) < 4.78 is 7.01. The zero-order valence-corrected chi connectivity index (χ0v) is 12.3. The number of hydrogen-bond acceptors (Lipinski definition) is 3. The molecule has 0 saturated heterocycles. The second-order valence-corrected chi connectivity index (χ2v) is 4.70. The van der Waals surface area contributed by atoms with Crippen molar-refractivity contribution in [3.63, 3.8) is 0 Å². The van der Waals surface area contributed by atoms with Crippen LogP contribution in [0, 0.1) is 6.92 Å². The Morgan fingerprint density at radius 1 is 1.50 bits per heavy atom. The van der Waals surface area contributed by atoms with E-state index in [1.165, 1.54) is 0 Å². The standard InChI is InChI=1S/C13H21ClN2O2/c1-5-7-12(18-4)11(17)8-10-13(14)9(3)15-16(10)6-2/h12H,5-8H2,1-4H3. The first kappa shape index (κ1) is 15.2. The van der Waals surface area contributed by atoms with E-state index in [1.54, 1.807) is 11.8 Å². The highest BCUT2D eigenvalue weighted by molar-refractivity contribution is 6.32. The predicted molar refractivity (Wildman–Crippen MR) is 72.1 cm³/mol. The van der Waals surface area contributed by atoms with Crippen LogP contribution in [0.15, 0.2) is 0 Å². The van der Waals surface area contributed by atoms with E-state index in [1.807, 2.05) is 20.8 Å². The van der Waals surface area contributed by atoms with Gasteiger partial charge in [-0.2, -0.15) is 5.10 Å². The van der Waals surface area contributed by atoms with Gasteiger partial charge in [-0.05, 0) is 20.3 Å². The molecule has 0 fully saturated rings. The molecule has 1 aromatic rings. The van der Waals surface area contributed by atoms with E-state index in [9.17, 15) is 4.79 Å². The second-order valence-electron chi connectivity index (χ2n) is 4.32. The lowest BCUT2D eigenvalue weighted by molar-refractivity contribution is -0.128. The first-order valence-electron chi connectivity index (χ1n) is 6.32. The molecular weight excluding hydrogens is 252 g/mol. The highest BCUT2D eigenvalue weighted by atomic mass is 35.5. The zero-order valence-electron chi connectivity index (χ0n) is 11.5. The zero-order chi connectivity index (χ0) is 13.7. The molecule has 0 bridgehead atoms. The van der Waals surface area contributed by atoms with Crippen molar-refractivity contribution < 1.29 is 9.53 Å². The normalized spacial score (nSPS) is 12.7. The first-order valence-corrected chi connectivity index (χ1v) is 6.70. The number of aromatic nitrogens is 2. The third kappa shape index (κ3) is 3.33. The van der Waals surface area contributed by atoms with E-state index in [2.05, 4.69) is 5.10 Å². The van der Waals surface area contributed by atoms with Crippen molar-refractivity contribution in [2.45, 2.75) is 52.7 Å². The van der Waals surface area contributed by atoms with Crippen LogP contribution < -0.4 is 0 Å². The minimum Gasteiger partial charge on any atom is -0.374 e. The predicted octanol–water partition coefficient (Wildman–Crippen LogP) is 2.79. The maximum atomic E-state index is 12.1. The number of carbonyl (C=O) groups excluding carboxylic acids is 1. The van der Waals surface area contributed by atoms with Crippen molar-refractivity contribution in [3.8, 4) is 0 Å². The third-order valence-electron chi connectivity index (χ3n) is 2.99. The molecule has 1 atom stereocenters. The molecule has 1 unspecified atom stereocenters. The maximum absolute atomic E-state index is 12.1. The highest BCUT2D eigenvalue weighted by Crippen LogP contribution is 2.21. The molecule has 0 N–H and O–H groups in total. The van der Waals surface area contributed by atoms with Gasteiger partial charge < -0.3 is 4.74 Å². The topological polar surface area (TPSA) is 44.1 Å². The molecular formula is C13H21ClN2O2. The van der Waals surface area contributed by atoms with Gasteiger partial charge in [-0.1, -0.05) is 24.9 Å². The van der Waals surface area contributed by atoms with Crippen LogP contribution >= 0.6 is 11.6 Å². The number of rotatable bonds is 7. The Morgan fingerprint density at radius 2 is 2.17 bits per heavy atom. The number of ketones is 1. The van der Waals surface area contributed by atoms with Crippen molar-refractivity contribution in [2.75, 3.05) is 7.11 Å². The van der Waals surface area contributed by atoms with Crippen LogP contribution in [0.5, 0.6) is 0 Å². The quantitative estimate of drug-likeness (QED) is 0.767. The number of halogens is 1. The monoisotopic (exact) mass is 272 g/mol. The summed E-state index contributed by atoms with van der Waals surface area (Å²) in [7, 11) is 1.57. The summed E-state index contributed by atoms with van der Waals surface area (Å²) in [6, 6.07) is 0. The molecule has 18 heavy (non-hydrogen) atoms. The Balaban J connectivity index is 2.86. The number of nitrogens with zero attached hydrogens (tertiary/aromatic N) is 2. The number of ether oxygens (including phenoxy) is 1. The molecule has 0 aromatic carbocycles. The van der Waals surface area contributed by atoms with Crippen molar-refractivity contribution in [1.29, 1.82) is 0 Å². The fourth-order valence-electron chi connectivity index (χ4n) is 1.99. The Bertz CT molecular complexity index is 415. The third-order valence-corrected chi connectivity index (χ3v) is 3.48. The summed E-state index contributed by atoms with van der Waals surface area (Å²) in [5.74, 6) is 0.0656. The van der Waals surface area contributed by atoms with Crippen molar-refractivity contribution in [3.05, 3.63) is 16.4 Å². The second kappa shape index (κ2) is 6.90. The number of Topliss-reactive ketones (excluding diaryl/α,β-unsaturated/α-hetero) is 1. The van der Waals surface area contributed by atoms with E-state index in [0.29, 0.717) is 11.6 Å². The molecule has 1 aromatic heterocycles. The molecule has 0 radical (unpaired) electrons. The Morgan fingerprint density at radius 3 is 2.67 bits per heavy atom. The smallest absolute Gasteiger partial charge is 0.167 e. The van der Waals surface area contributed by atoms with Gasteiger partial charge in [0, 0.05) is 13.7 Å². The van der Waals surface area contributed by atoms with Crippen LogP contribution in [-0.2, 0) is 22.5 Å². The number of methoxy groups -OCH3 is 1. The van der Waals surface area contributed by atoms with Gasteiger partial charge in [0.2, 0.25) is 0 Å². The van der Waals surface area contributed by atoms with Crippen LogP contribution in [0.25, 0.3) is 0 Å². The Hall–Kier alpha value is -0.870. The lowest BCUT2D eigenvalue weighted by Crippen LogP contribution is -2.25. The van der Waals surface area contributed by atoms with Gasteiger partial charge in [0.25, 0.3) is 0 Å². The molecule has 0 aliphatic carbocycles. The van der Waals surface area contributed by atoms with E-state index >= 15 is 0 Å². The van der Waals surface area contributed by atoms with E-state index in [0.717, 1.165) is 24.2 Å². The van der Waals surface area contributed by atoms with E-state index < -0.39 is 0 Å². The summed E-state index contributed by atoms with van der Waals surface area (Å²) in [6.45, 7) is 6.58. The fourth-order valence-corrected chi connectivity index (χ4v) is 2.19. The molecule has 102 valence electrons. The Kier molecular flexibility index (Phi) is 5.82. The van der Waals surface area contributed by atoms with Gasteiger partial charge in [-0.3, -0.25) is 9.48 Å². The lowest BCUT2D eigenvalue weighted by atomic mass is 10.1. The molecule has 1 heterocycles. The fraction of sp³-hybridized carbons (Fsp3) is 0.692. The summed E-state index contributed by atoms with van der Waals surface area (Å²) in [4.78, 5) is 12.1. The van der Waals surface area contributed by atoms with Gasteiger partial charge >= 0.3 is 0 Å². The molecule has 0 amide bonds. The van der Waals surface area contributed by atoms with Crippen molar-refractivity contribution in [2.24, 2.45) is 0 Å². The van der Waals surface area contributed by atoms with Crippen molar-refractivity contribution >= 4 is 17.4 Å². The summed E-state index contributed by atoms with van der Waals surface area (Å²) in [5, 5.41) is 4.90. The van der Waals surface area contributed by atoms with Crippen molar-refractivity contribution in [1.82, 2.24) is 9.78 Å². The highest BCUT2D eigenvalue weighted by Gasteiger charge is 2.21. The SMILES string of the molecule is CCCC(OC)C(=O)Cc1c(Cl)c(C)nn1CC. The van der Waals surface area contributed by atoms with Crippen LogP contribution in [0.1, 0.15) is 38.1 Å². The first-order chi connectivity index (χ1) is 8.54. The van der Waals surface area contributed by atoms with E-state index in [-0.39, 0.29) is 18.3 Å². The molecule has 0 saturated carbocycles. The summed E-state index contributed by atoms with van der Waals surface area (Å²) in [6.07, 6.45) is 1.61. The largest absolute Gasteiger partial charge is 0.374 e. The van der Waals surface area contributed by atoms with Gasteiger partial charge in [0.15, 0.2) is 5.78 Å². The minimum atomic E-state index is -0.341. The molecule has 0 aliphatic rings. The maximum Gasteiger partial charge on any atom is 0.167 e. The number of aryl methyl sites for hydroxylation is 2. The van der Waals surface area contributed by atoms with Crippen LogP contribution in [-0.4, -0.2) is 28.8 Å². The minimum absolute atomic E-state index is 0.0656. The lowest BCUT2D eigenvalue weighted by Gasteiger charge is -2.13. The van der Waals surface area contributed by atoms with Crippen LogP contribution in [0.3, 0.4) is 0 Å². The molecule has 4 nitrogen and oxygen atoms in total. The molecule has 1 rings (SSSR count). The van der Waals surface area contributed by atoms with Gasteiger partial charge in [0.1, 0.15) is 6.10 Å². The van der Waals surface area contributed by atoms with Crippen LogP contribution in [0.2, 0.25) is 5.02 Å². The van der Waals surface area contributed by atoms with Gasteiger partial charge in [-0.25, -0.2) is 0 Å². The van der Waals surface area contributed by atoms with Crippen LogP contribution in [0.4, 0.5) is 0 Å². The number of hydrogen-bond donors (Lipinski definition) is 0. The average molecular weight is 273 g/mol. The summed E-state index contributed by atoms with van der Waals surface area (Å²) in [5.41, 5.74) is 1.56. The molecule has 5 heteroatoms. The van der Waals surface area contributed by atoms with Gasteiger partial charge in [0.05, 0.1) is 22.8 Å². The Labute approximate surface area is 113 Å². The summed E-state index contributed by atoms with van der Waals surface area (Å²) >= 11 is 6.19. The average Bonchev–Trinajstić information content (AvgIpc) is 2.63. The molecule has 0 aliphatic heterocycles. The van der Waals surface area contributed by atoms with E-state index in [4.69, 9.17) is 16.3 Å². The molecule has 0 spiro atoms.